The molecular weight excluding hydrogens is 557 g/mol. The van der Waals surface area contributed by atoms with Crippen LogP contribution in [0.5, 0.6) is 5.75 Å². The van der Waals surface area contributed by atoms with Gasteiger partial charge in [-0.15, -0.1) is 0 Å². The number of ether oxygens (including phenoxy) is 2. The van der Waals surface area contributed by atoms with E-state index in [1.54, 1.807) is 31.2 Å². The van der Waals surface area contributed by atoms with Crippen molar-refractivity contribution in [2.45, 2.75) is 65.1 Å². The van der Waals surface area contributed by atoms with Gasteiger partial charge >= 0.3 is 13.7 Å². The molecule has 12 heteroatoms. The predicted molar refractivity (Wildman–Crippen MR) is 161 cm³/mol. The highest BCUT2D eigenvalue weighted by Crippen LogP contribution is 2.49. The summed E-state index contributed by atoms with van der Waals surface area (Å²) in [6.07, 6.45) is 1.63. The van der Waals surface area contributed by atoms with Gasteiger partial charge < -0.3 is 24.3 Å². The lowest BCUT2D eigenvalue weighted by molar-refractivity contribution is -0.145. The highest BCUT2D eigenvalue weighted by Gasteiger charge is 2.38. The minimum atomic E-state index is -4.08. The first kappa shape index (κ1) is 30.0. The van der Waals surface area contributed by atoms with E-state index in [1.165, 1.54) is 0 Å². The number of carbonyl (C=O) groups excluding carboxylic acids is 1. The minimum Gasteiger partial charge on any atom is -0.465 e. The molecule has 0 spiro atoms. The van der Waals surface area contributed by atoms with Crippen molar-refractivity contribution in [3.63, 3.8) is 0 Å². The van der Waals surface area contributed by atoms with Crippen molar-refractivity contribution in [2.24, 2.45) is 0 Å². The molecule has 1 aliphatic heterocycles. The van der Waals surface area contributed by atoms with Crippen molar-refractivity contribution >= 4 is 41.5 Å². The Morgan fingerprint density at radius 1 is 1.14 bits per heavy atom. The number of pyridine rings is 1. The van der Waals surface area contributed by atoms with Gasteiger partial charge in [0.25, 0.3) is 0 Å². The SMILES string of the molecule is CCCCOC(=O)[C@H](C)N[P@](=O)(OC[C@@H]1C(C)c2cccc3nc(N)c4nc(COCC)n1c4c23)Oc1ccccc1. The summed E-state index contributed by atoms with van der Waals surface area (Å²) >= 11 is 0. The second kappa shape index (κ2) is 12.8. The lowest BCUT2D eigenvalue weighted by Gasteiger charge is -2.33. The van der Waals surface area contributed by atoms with Crippen LogP contribution in [-0.4, -0.2) is 46.4 Å². The van der Waals surface area contributed by atoms with Crippen LogP contribution in [0.1, 0.15) is 63.9 Å². The molecule has 4 atom stereocenters. The average molecular weight is 596 g/mol. The van der Waals surface area contributed by atoms with E-state index in [4.69, 9.17) is 29.2 Å². The Balaban J connectivity index is 1.50. The van der Waals surface area contributed by atoms with E-state index in [1.807, 2.05) is 32.0 Å². The number of nitrogen functional groups attached to an aromatic ring is 1. The Morgan fingerprint density at radius 3 is 2.67 bits per heavy atom. The van der Waals surface area contributed by atoms with Gasteiger partial charge in [0, 0.05) is 17.9 Å². The van der Waals surface area contributed by atoms with Crippen LogP contribution in [0.4, 0.5) is 5.82 Å². The smallest absolute Gasteiger partial charge is 0.459 e. The van der Waals surface area contributed by atoms with Crippen molar-refractivity contribution in [1.82, 2.24) is 19.6 Å². The zero-order valence-electron chi connectivity index (χ0n) is 24.4. The number of hydrogen-bond acceptors (Lipinski definition) is 9. The number of hydrogen-bond donors (Lipinski definition) is 2. The van der Waals surface area contributed by atoms with Crippen molar-refractivity contribution < 1.29 is 27.9 Å². The second-order valence-electron chi connectivity index (χ2n) is 10.4. The molecular formula is C30H38N5O6P. The molecule has 11 nitrogen and oxygen atoms in total. The van der Waals surface area contributed by atoms with Gasteiger partial charge in [-0.25, -0.2) is 14.5 Å². The number of imidazole rings is 1. The van der Waals surface area contributed by atoms with Gasteiger partial charge in [0.15, 0.2) is 5.82 Å². The fourth-order valence-electron chi connectivity index (χ4n) is 5.29. The number of nitrogens with one attached hydrogen (secondary N) is 1. The molecule has 0 amide bonds. The van der Waals surface area contributed by atoms with Gasteiger partial charge in [0.2, 0.25) is 0 Å². The Hall–Kier alpha value is -3.50. The van der Waals surface area contributed by atoms with Gasteiger partial charge in [-0.05, 0) is 44.0 Å². The zero-order valence-corrected chi connectivity index (χ0v) is 25.3. The highest BCUT2D eigenvalue weighted by atomic mass is 31.2. The van der Waals surface area contributed by atoms with Crippen LogP contribution in [0, 0.1) is 0 Å². The molecule has 0 saturated carbocycles. The van der Waals surface area contributed by atoms with Crippen molar-refractivity contribution in [2.75, 3.05) is 25.6 Å². The Bertz CT molecular complexity index is 1610. The molecule has 0 aliphatic carbocycles. The van der Waals surface area contributed by atoms with Crippen LogP contribution in [0.2, 0.25) is 0 Å². The van der Waals surface area contributed by atoms with E-state index in [2.05, 4.69) is 27.6 Å². The number of para-hydroxylation sites is 1. The van der Waals surface area contributed by atoms with Crippen molar-refractivity contribution in [1.29, 1.82) is 0 Å². The van der Waals surface area contributed by atoms with E-state index < -0.39 is 19.8 Å². The Kier molecular flexibility index (Phi) is 9.13. The molecule has 2 aromatic carbocycles. The fraction of sp³-hybridized carbons (Fsp3) is 0.433. The predicted octanol–water partition coefficient (Wildman–Crippen LogP) is 5.89. The molecule has 0 radical (unpaired) electrons. The first-order valence-electron chi connectivity index (χ1n) is 14.4. The number of unbranched alkanes of at least 4 members (excludes halogenated alkanes) is 1. The van der Waals surface area contributed by atoms with E-state index in [0.717, 1.165) is 34.8 Å². The summed E-state index contributed by atoms with van der Waals surface area (Å²) in [5, 5.41) is 3.77. The minimum absolute atomic E-state index is 0.0154. The molecule has 1 aliphatic rings. The topological polar surface area (TPSA) is 140 Å². The number of rotatable bonds is 14. The number of benzene rings is 2. The third-order valence-electron chi connectivity index (χ3n) is 7.45. The third kappa shape index (κ3) is 6.01. The Labute approximate surface area is 245 Å². The monoisotopic (exact) mass is 595 g/mol. The van der Waals surface area contributed by atoms with Gasteiger partial charge in [0.05, 0.1) is 30.3 Å². The number of nitrogens with zero attached hydrogens (tertiary/aromatic N) is 3. The van der Waals surface area contributed by atoms with Crippen LogP contribution >= 0.6 is 7.75 Å². The summed E-state index contributed by atoms with van der Waals surface area (Å²) in [5.41, 5.74) is 9.64. The van der Waals surface area contributed by atoms with Gasteiger partial charge in [-0.2, -0.15) is 5.09 Å². The number of aromatic nitrogens is 3. The van der Waals surface area contributed by atoms with Crippen LogP contribution < -0.4 is 15.3 Å². The van der Waals surface area contributed by atoms with E-state index in [9.17, 15) is 9.36 Å². The lowest BCUT2D eigenvalue weighted by atomic mass is 9.87. The van der Waals surface area contributed by atoms with Gasteiger partial charge in [0.1, 0.15) is 29.7 Å². The third-order valence-corrected chi connectivity index (χ3v) is 9.09. The molecule has 4 aromatic rings. The summed E-state index contributed by atoms with van der Waals surface area (Å²) in [4.78, 5) is 22.1. The van der Waals surface area contributed by atoms with E-state index in [-0.39, 0.29) is 31.8 Å². The molecule has 224 valence electrons. The molecule has 0 saturated heterocycles. The maximum absolute atomic E-state index is 14.3. The number of nitrogens with two attached hydrogens (primary N) is 1. The molecule has 2 aromatic heterocycles. The van der Waals surface area contributed by atoms with Crippen LogP contribution in [0.25, 0.3) is 21.9 Å². The van der Waals surface area contributed by atoms with Crippen LogP contribution in [0.3, 0.4) is 0 Å². The summed E-state index contributed by atoms with van der Waals surface area (Å²) in [6, 6.07) is 13.4. The highest BCUT2D eigenvalue weighted by molar-refractivity contribution is 7.52. The standard InChI is InChI=1S/C30H38N5O6P/c1-5-7-16-39-30(36)20(4)34-42(37,41-21-12-9-8-10-13-21)40-17-24-19(3)22-14-11-15-23-26(22)28-27(29(31)32-23)33-25(35(24)28)18-38-6-2/h8-15,19-20,24H,5-7,16-18H2,1-4H3,(H2,31,32)(H,34,37)/t19?,20-,24+,42-/m0/s1. The molecule has 3 heterocycles. The quantitative estimate of drug-likeness (QED) is 0.103. The maximum Gasteiger partial charge on any atom is 0.459 e. The first-order valence-corrected chi connectivity index (χ1v) is 15.9. The second-order valence-corrected chi connectivity index (χ2v) is 12.1. The lowest BCUT2D eigenvalue weighted by Crippen LogP contribution is -2.36. The molecule has 5 rings (SSSR count). The van der Waals surface area contributed by atoms with Gasteiger partial charge in [-0.3, -0.25) is 9.32 Å². The summed E-state index contributed by atoms with van der Waals surface area (Å²) < 4.78 is 39.5. The number of esters is 1. The molecule has 3 N–H and O–H groups in total. The number of carbonyl (C=O) groups is 1. The van der Waals surface area contributed by atoms with E-state index in [0.29, 0.717) is 29.5 Å². The van der Waals surface area contributed by atoms with Crippen LogP contribution in [-0.2, 0) is 30.0 Å². The molecule has 42 heavy (non-hydrogen) atoms. The first-order chi connectivity index (χ1) is 20.3. The molecule has 1 unspecified atom stereocenters. The van der Waals surface area contributed by atoms with Crippen molar-refractivity contribution in [3.8, 4) is 5.75 Å². The average Bonchev–Trinajstić information content (AvgIpc) is 3.36. The normalized spacial score (nSPS) is 18.3. The maximum atomic E-state index is 14.3. The van der Waals surface area contributed by atoms with Crippen LogP contribution in [0.15, 0.2) is 48.5 Å². The molecule has 0 fully saturated rings. The fourth-order valence-corrected chi connectivity index (χ4v) is 6.79. The van der Waals surface area contributed by atoms with Gasteiger partial charge in [-0.1, -0.05) is 50.6 Å². The zero-order chi connectivity index (χ0) is 29.9. The van der Waals surface area contributed by atoms with Crippen molar-refractivity contribution in [3.05, 3.63) is 59.9 Å². The van der Waals surface area contributed by atoms with E-state index >= 15 is 0 Å². The largest absolute Gasteiger partial charge is 0.465 e. The summed E-state index contributed by atoms with van der Waals surface area (Å²) in [6.45, 7) is 8.63. The number of anilines is 1. The summed E-state index contributed by atoms with van der Waals surface area (Å²) in [5.74, 6) is 0.727. The Morgan fingerprint density at radius 2 is 1.93 bits per heavy atom. The summed E-state index contributed by atoms with van der Waals surface area (Å²) in [7, 11) is -4.08. The molecule has 0 bridgehead atoms.